The lowest BCUT2D eigenvalue weighted by Gasteiger charge is -2.09. The number of benzene rings is 2. The summed E-state index contributed by atoms with van der Waals surface area (Å²) in [5, 5.41) is 3.74. The first kappa shape index (κ1) is 20.6. The summed E-state index contributed by atoms with van der Waals surface area (Å²) >= 11 is 0. The van der Waals surface area contributed by atoms with Crippen molar-refractivity contribution in [2.45, 2.75) is 17.9 Å². The van der Waals surface area contributed by atoms with Crippen LogP contribution in [0.4, 0.5) is 0 Å². The number of carbonyl (C=O) groups excluding carboxylic acids is 1. The van der Waals surface area contributed by atoms with Gasteiger partial charge in [0.25, 0.3) is 0 Å². The van der Waals surface area contributed by atoms with Gasteiger partial charge in [-0.1, -0.05) is 24.3 Å². The van der Waals surface area contributed by atoms with Crippen molar-refractivity contribution >= 4 is 33.0 Å². The maximum Gasteiger partial charge on any atom is 0.244 e. The number of para-hydroxylation sites is 1. The summed E-state index contributed by atoms with van der Waals surface area (Å²) in [6, 6.07) is 13.3. The van der Waals surface area contributed by atoms with Crippen LogP contribution in [0.3, 0.4) is 0 Å². The number of fused-ring (bicyclic) bond motifs is 1. The second-order valence-corrected chi connectivity index (χ2v) is 8.25. The maximum absolute atomic E-state index is 12.2. The van der Waals surface area contributed by atoms with E-state index in [1.54, 1.807) is 25.3 Å². The lowest BCUT2D eigenvalue weighted by molar-refractivity contribution is -0.117. The van der Waals surface area contributed by atoms with Crippen LogP contribution in [0.1, 0.15) is 24.3 Å². The molecule has 0 aliphatic heterocycles. The Kier molecular flexibility index (Phi) is 6.05. The molecule has 1 atom stereocenters. The molecule has 0 radical (unpaired) electrons. The predicted molar refractivity (Wildman–Crippen MR) is 111 cm³/mol. The summed E-state index contributed by atoms with van der Waals surface area (Å²) in [5.41, 5.74) is 1.34. The molecule has 0 saturated heterocycles. The summed E-state index contributed by atoms with van der Waals surface area (Å²) in [4.78, 5) is 12.4. The van der Waals surface area contributed by atoms with E-state index in [0.29, 0.717) is 22.7 Å². The molecule has 0 bridgehead atoms. The fraction of sp³-hybridized carbons (Fsp3) is 0.190. The number of nitrogens with one attached hydrogen (secondary N) is 2. The highest BCUT2D eigenvalue weighted by Gasteiger charge is 2.15. The van der Waals surface area contributed by atoms with Gasteiger partial charge in [-0.2, -0.15) is 0 Å². The van der Waals surface area contributed by atoms with Gasteiger partial charge in [0.1, 0.15) is 5.76 Å². The van der Waals surface area contributed by atoms with Crippen LogP contribution in [0.2, 0.25) is 0 Å². The molecule has 2 N–H and O–H groups in total. The minimum absolute atomic E-state index is 0.163. The average molecular weight is 414 g/mol. The molecule has 8 heteroatoms. The van der Waals surface area contributed by atoms with E-state index in [4.69, 9.17) is 9.15 Å². The summed E-state index contributed by atoms with van der Waals surface area (Å²) in [7, 11) is -0.551. The zero-order chi connectivity index (χ0) is 21.0. The normalized spacial score (nSPS) is 12.9. The van der Waals surface area contributed by atoms with Gasteiger partial charge in [0.05, 0.1) is 18.0 Å². The largest absolute Gasteiger partial charge is 0.493 e. The van der Waals surface area contributed by atoms with E-state index in [1.807, 2.05) is 31.2 Å². The topological polar surface area (TPSA) is 97.6 Å². The second kappa shape index (κ2) is 8.50. The first-order valence-corrected chi connectivity index (χ1v) is 10.4. The van der Waals surface area contributed by atoms with E-state index < -0.39 is 10.0 Å². The molecule has 0 fully saturated rings. The molecule has 1 amide bonds. The van der Waals surface area contributed by atoms with Crippen molar-refractivity contribution < 1.29 is 22.4 Å². The minimum atomic E-state index is -3.48. The molecular formula is C21H22N2O5S. The van der Waals surface area contributed by atoms with Crippen LogP contribution in [-0.2, 0) is 14.8 Å². The number of hydrogen-bond donors (Lipinski definition) is 2. The van der Waals surface area contributed by atoms with E-state index in [1.165, 1.54) is 25.3 Å². The molecule has 3 aromatic rings. The third kappa shape index (κ3) is 4.67. The Balaban J connectivity index is 1.67. The van der Waals surface area contributed by atoms with Crippen LogP contribution < -0.4 is 14.8 Å². The molecule has 0 saturated carbocycles. The van der Waals surface area contributed by atoms with Crippen LogP contribution in [0.25, 0.3) is 17.0 Å². The molecule has 152 valence electrons. The van der Waals surface area contributed by atoms with E-state index in [0.717, 1.165) is 5.39 Å². The Labute approximate surface area is 169 Å². The van der Waals surface area contributed by atoms with Crippen molar-refractivity contribution in [3.8, 4) is 5.75 Å². The standard InChI is InChI=1S/C21H22N2O5S/c1-14(19-13-16-5-4-6-18(27-3)21(16)28-19)23-20(24)12-9-15-7-10-17(11-8-15)29(25,26)22-2/h4-14,22H,1-3H3,(H,23,24)/b12-9+. The summed E-state index contributed by atoms with van der Waals surface area (Å²) in [6.45, 7) is 1.83. The number of amides is 1. The number of carbonyl (C=O) groups is 1. The third-order valence-corrected chi connectivity index (χ3v) is 5.85. The number of methoxy groups -OCH3 is 1. The molecule has 0 spiro atoms. The van der Waals surface area contributed by atoms with Gasteiger partial charge in [0.2, 0.25) is 15.9 Å². The van der Waals surface area contributed by atoms with Crippen LogP contribution in [0, 0.1) is 0 Å². The summed E-state index contributed by atoms with van der Waals surface area (Å²) in [5.74, 6) is 0.959. The molecule has 1 aromatic heterocycles. The first-order valence-electron chi connectivity index (χ1n) is 8.92. The predicted octanol–water partition coefficient (Wildman–Crippen LogP) is 3.24. The average Bonchev–Trinajstić information content (AvgIpc) is 3.17. The lowest BCUT2D eigenvalue weighted by Crippen LogP contribution is -2.24. The fourth-order valence-corrected chi connectivity index (χ4v) is 3.54. The molecule has 1 heterocycles. The van der Waals surface area contributed by atoms with Crippen LogP contribution in [-0.4, -0.2) is 28.5 Å². The van der Waals surface area contributed by atoms with E-state index in [2.05, 4.69) is 10.0 Å². The molecule has 29 heavy (non-hydrogen) atoms. The Bertz CT molecular complexity index is 1150. The van der Waals surface area contributed by atoms with Crippen LogP contribution >= 0.6 is 0 Å². The molecule has 0 aliphatic rings. The Morgan fingerprint density at radius 3 is 2.55 bits per heavy atom. The van der Waals surface area contributed by atoms with Crippen molar-refractivity contribution in [1.82, 2.24) is 10.0 Å². The van der Waals surface area contributed by atoms with Crippen molar-refractivity contribution in [2.24, 2.45) is 0 Å². The highest BCUT2D eigenvalue weighted by atomic mass is 32.2. The van der Waals surface area contributed by atoms with E-state index >= 15 is 0 Å². The van der Waals surface area contributed by atoms with Crippen molar-refractivity contribution in [3.63, 3.8) is 0 Å². The zero-order valence-corrected chi connectivity index (χ0v) is 17.1. The van der Waals surface area contributed by atoms with Crippen molar-refractivity contribution in [3.05, 3.63) is 65.9 Å². The molecule has 1 unspecified atom stereocenters. The zero-order valence-electron chi connectivity index (χ0n) is 16.3. The van der Waals surface area contributed by atoms with E-state index in [9.17, 15) is 13.2 Å². The van der Waals surface area contributed by atoms with Crippen molar-refractivity contribution in [2.75, 3.05) is 14.2 Å². The SMILES string of the molecule is CNS(=O)(=O)c1ccc(/C=C/C(=O)NC(C)c2cc3cccc(OC)c3o2)cc1. The second-order valence-electron chi connectivity index (χ2n) is 6.37. The maximum atomic E-state index is 12.2. The lowest BCUT2D eigenvalue weighted by atomic mass is 10.2. The van der Waals surface area contributed by atoms with Crippen LogP contribution in [0.15, 0.2) is 63.9 Å². The Morgan fingerprint density at radius 2 is 1.90 bits per heavy atom. The number of rotatable bonds is 7. The van der Waals surface area contributed by atoms with Gasteiger partial charge in [0.15, 0.2) is 11.3 Å². The Hall–Kier alpha value is -3.10. The van der Waals surface area contributed by atoms with Gasteiger partial charge in [-0.3, -0.25) is 4.79 Å². The number of sulfonamides is 1. The minimum Gasteiger partial charge on any atom is -0.493 e. The molecule has 2 aromatic carbocycles. The van der Waals surface area contributed by atoms with E-state index in [-0.39, 0.29) is 16.8 Å². The molecular weight excluding hydrogens is 392 g/mol. The van der Waals surface area contributed by atoms with Gasteiger partial charge in [-0.25, -0.2) is 13.1 Å². The molecule has 7 nitrogen and oxygen atoms in total. The van der Waals surface area contributed by atoms with Crippen molar-refractivity contribution in [1.29, 1.82) is 0 Å². The quantitative estimate of drug-likeness (QED) is 0.579. The van der Waals surface area contributed by atoms with Gasteiger partial charge >= 0.3 is 0 Å². The Morgan fingerprint density at radius 1 is 1.17 bits per heavy atom. The van der Waals surface area contributed by atoms with Crippen LogP contribution in [0.5, 0.6) is 5.75 Å². The molecule has 0 aliphatic carbocycles. The first-order chi connectivity index (χ1) is 13.8. The number of furan rings is 1. The highest BCUT2D eigenvalue weighted by molar-refractivity contribution is 7.89. The van der Waals surface area contributed by atoms with Gasteiger partial charge in [-0.05, 0) is 49.9 Å². The summed E-state index contributed by atoms with van der Waals surface area (Å²) < 4.78 is 36.8. The number of hydrogen-bond acceptors (Lipinski definition) is 5. The molecule has 3 rings (SSSR count). The number of ether oxygens (including phenoxy) is 1. The summed E-state index contributed by atoms with van der Waals surface area (Å²) in [6.07, 6.45) is 3.00. The fourth-order valence-electron chi connectivity index (χ4n) is 2.81. The van der Waals surface area contributed by atoms with Gasteiger partial charge in [-0.15, -0.1) is 0 Å². The third-order valence-electron chi connectivity index (χ3n) is 4.42. The van der Waals surface area contributed by atoms with Gasteiger partial charge in [0, 0.05) is 11.5 Å². The highest BCUT2D eigenvalue weighted by Crippen LogP contribution is 2.30. The van der Waals surface area contributed by atoms with Gasteiger partial charge < -0.3 is 14.5 Å². The smallest absolute Gasteiger partial charge is 0.244 e. The monoisotopic (exact) mass is 414 g/mol.